The van der Waals surface area contributed by atoms with Crippen LogP contribution in [0.25, 0.3) is 11.0 Å². The lowest BCUT2D eigenvalue weighted by Gasteiger charge is -2.19. The van der Waals surface area contributed by atoms with Crippen LogP contribution in [0.5, 0.6) is 0 Å². The second-order valence-electron chi connectivity index (χ2n) is 4.16. The summed E-state index contributed by atoms with van der Waals surface area (Å²) < 4.78 is 5.15. The third kappa shape index (κ3) is 2.66. The van der Waals surface area contributed by atoms with Crippen molar-refractivity contribution in [1.82, 2.24) is 4.90 Å². The number of hydrogen-bond acceptors (Lipinski definition) is 4. The quantitative estimate of drug-likeness (QED) is 0.838. The molecule has 0 atom stereocenters. The van der Waals surface area contributed by atoms with Crippen LogP contribution in [0.4, 0.5) is 0 Å². The maximum Gasteiger partial charge on any atom is 0.349 e. The third-order valence-corrected chi connectivity index (χ3v) is 2.94. The van der Waals surface area contributed by atoms with Gasteiger partial charge in [-0.2, -0.15) is 0 Å². The van der Waals surface area contributed by atoms with E-state index in [0.29, 0.717) is 25.2 Å². The number of nitrogens with two attached hydrogens (primary N) is 1. The second-order valence-corrected chi connectivity index (χ2v) is 4.16. The molecular weight excluding hydrogens is 244 g/mol. The van der Waals surface area contributed by atoms with Crippen molar-refractivity contribution in [1.29, 1.82) is 0 Å². The zero-order chi connectivity index (χ0) is 13.8. The molecule has 5 nitrogen and oxygen atoms in total. The molecule has 0 saturated carbocycles. The summed E-state index contributed by atoms with van der Waals surface area (Å²) in [5.74, 6) is -0.340. The summed E-state index contributed by atoms with van der Waals surface area (Å²) in [5.41, 5.74) is 5.37. The van der Waals surface area contributed by atoms with Crippen LogP contribution in [0, 0.1) is 0 Å². The maximum absolute atomic E-state index is 12.2. The highest BCUT2D eigenvalue weighted by molar-refractivity contribution is 5.96. The number of benzene rings is 1. The first-order chi connectivity index (χ1) is 9.17. The molecule has 19 heavy (non-hydrogen) atoms. The molecule has 1 amide bonds. The van der Waals surface area contributed by atoms with E-state index in [1.807, 2.05) is 13.0 Å². The molecule has 2 aromatic rings. The van der Waals surface area contributed by atoms with E-state index in [0.717, 1.165) is 5.39 Å². The van der Waals surface area contributed by atoms with Gasteiger partial charge in [-0.05, 0) is 19.1 Å². The lowest BCUT2D eigenvalue weighted by atomic mass is 10.1. The minimum Gasteiger partial charge on any atom is -0.422 e. The van der Waals surface area contributed by atoms with E-state index in [-0.39, 0.29) is 11.5 Å². The number of amides is 1. The Balaban J connectivity index is 2.47. The van der Waals surface area contributed by atoms with Crippen LogP contribution in [-0.2, 0) is 0 Å². The molecule has 0 spiro atoms. The first-order valence-corrected chi connectivity index (χ1v) is 6.19. The van der Waals surface area contributed by atoms with Crippen LogP contribution in [0.15, 0.2) is 39.5 Å². The van der Waals surface area contributed by atoms with Crippen LogP contribution in [0.1, 0.15) is 17.3 Å². The Morgan fingerprint density at radius 3 is 2.79 bits per heavy atom. The molecule has 0 bridgehead atoms. The fourth-order valence-electron chi connectivity index (χ4n) is 1.94. The highest BCUT2D eigenvalue weighted by Crippen LogP contribution is 2.13. The smallest absolute Gasteiger partial charge is 0.349 e. The van der Waals surface area contributed by atoms with Gasteiger partial charge in [0.2, 0.25) is 0 Å². The Kier molecular flexibility index (Phi) is 3.97. The minimum absolute atomic E-state index is 0.0500. The van der Waals surface area contributed by atoms with E-state index in [1.54, 1.807) is 24.3 Å². The normalized spacial score (nSPS) is 10.6. The molecule has 0 radical (unpaired) electrons. The second kappa shape index (κ2) is 5.67. The van der Waals surface area contributed by atoms with Crippen LogP contribution < -0.4 is 11.4 Å². The van der Waals surface area contributed by atoms with Gasteiger partial charge in [0.25, 0.3) is 5.91 Å². The molecule has 2 rings (SSSR count). The Morgan fingerprint density at radius 2 is 2.11 bits per heavy atom. The molecule has 0 aliphatic heterocycles. The van der Waals surface area contributed by atoms with E-state index in [1.165, 1.54) is 4.90 Å². The predicted octanol–water partition coefficient (Wildman–Crippen LogP) is 1.21. The average molecular weight is 260 g/mol. The predicted molar refractivity (Wildman–Crippen MR) is 73.1 cm³/mol. The number of para-hydroxylation sites is 1. The maximum atomic E-state index is 12.2. The number of rotatable bonds is 4. The van der Waals surface area contributed by atoms with Crippen molar-refractivity contribution >= 4 is 16.9 Å². The number of nitrogens with zero attached hydrogens (tertiary/aromatic N) is 1. The molecule has 0 aliphatic rings. The summed E-state index contributed by atoms with van der Waals surface area (Å²) in [5, 5.41) is 0.731. The standard InChI is InChI=1S/C14H16N2O3/c1-2-16(8-7-15)13(17)11-9-10-5-3-4-6-12(10)19-14(11)18/h3-6,9H,2,7-8,15H2,1H3. The molecule has 1 heterocycles. The number of hydrogen-bond donors (Lipinski definition) is 1. The van der Waals surface area contributed by atoms with E-state index in [4.69, 9.17) is 10.2 Å². The highest BCUT2D eigenvalue weighted by Gasteiger charge is 2.18. The lowest BCUT2D eigenvalue weighted by molar-refractivity contribution is 0.0765. The van der Waals surface area contributed by atoms with Gasteiger partial charge in [-0.15, -0.1) is 0 Å². The largest absolute Gasteiger partial charge is 0.422 e. The molecule has 0 saturated heterocycles. The molecular formula is C14H16N2O3. The fraction of sp³-hybridized carbons (Fsp3) is 0.286. The Hall–Kier alpha value is -2.14. The van der Waals surface area contributed by atoms with Crippen LogP contribution in [-0.4, -0.2) is 30.4 Å². The first-order valence-electron chi connectivity index (χ1n) is 6.19. The molecule has 0 aliphatic carbocycles. The third-order valence-electron chi connectivity index (χ3n) is 2.94. The molecule has 1 aromatic heterocycles. The summed E-state index contributed by atoms with van der Waals surface area (Å²) in [6.07, 6.45) is 0. The van der Waals surface area contributed by atoms with Crippen LogP contribution in [0.2, 0.25) is 0 Å². The topological polar surface area (TPSA) is 76.5 Å². The Labute approximate surface area is 110 Å². The van der Waals surface area contributed by atoms with Gasteiger partial charge in [-0.25, -0.2) is 4.79 Å². The summed E-state index contributed by atoms with van der Waals surface area (Å²) in [7, 11) is 0. The molecule has 1 aromatic carbocycles. The van der Waals surface area contributed by atoms with Crippen molar-refractivity contribution in [3.8, 4) is 0 Å². The number of fused-ring (bicyclic) bond motifs is 1. The van der Waals surface area contributed by atoms with E-state index in [9.17, 15) is 9.59 Å². The van der Waals surface area contributed by atoms with Gasteiger partial charge in [0.05, 0.1) is 0 Å². The monoisotopic (exact) mass is 260 g/mol. The molecule has 100 valence electrons. The molecule has 2 N–H and O–H groups in total. The zero-order valence-electron chi connectivity index (χ0n) is 10.8. The van der Waals surface area contributed by atoms with E-state index < -0.39 is 5.63 Å². The summed E-state index contributed by atoms with van der Waals surface area (Å²) >= 11 is 0. The zero-order valence-corrected chi connectivity index (χ0v) is 10.8. The van der Waals surface area contributed by atoms with Gasteiger partial charge >= 0.3 is 5.63 Å². The van der Waals surface area contributed by atoms with Gasteiger partial charge in [0, 0.05) is 25.0 Å². The minimum atomic E-state index is -0.612. The number of carbonyl (C=O) groups excluding carboxylic acids is 1. The van der Waals surface area contributed by atoms with Gasteiger partial charge in [0.1, 0.15) is 11.1 Å². The molecule has 0 fully saturated rings. The average Bonchev–Trinajstić information content (AvgIpc) is 2.43. The fourth-order valence-corrected chi connectivity index (χ4v) is 1.94. The number of carbonyl (C=O) groups is 1. The Morgan fingerprint density at radius 1 is 1.37 bits per heavy atom. The van der Waals surface area contributed by atoms with E-state index >= 15 is 0 Å². The van der Waals surface area contributed by atoms with Gasteiger partial charge in [0.15, 0.2) is 0 Å². The van der Waals surface area contributed by atoms with E-state index in [2.05, 4.69) is 0 Å². The molecule has 5 heteroatoms. The lowest BCUT2D eigenvalue weighted by Crippen LogP contribution is -2.37. The number of likely N-dealkylation sites (N-methyl/N-ethyl adjacent to an activating group) is 1. The van der Waals surface area contributed by atoms with Crippen molar-refractivity contribution in [3.63, 3.8) is 0 Å². The van der Waals surface area contributed by atoms with Gasteiger partial charge in [-0.3, -0.25) is 4.79 Å². The van der Waals surface area contributed by atoms with Crippen molar-refractivity contribution < 1.29 is 9.21 Å². The first kappa shape index (κ1) is 13.3. The van der Waals surface area contributed by atoms with Crippen LogP contribution >= 0.6 is 0 Å². The van der Waals surface area contributed by atoms with Crippen molar-refractivity contribution in [3.05, 3.63) is 46.3 Å². The Bertz CT molecular complexity index is 648. The summed E-state index contributed by atoms with van der Waals surface area (Å²) in [6.45, 7) is 3.12. The van der Waals surface area contributed by atoms with Gasteiger partial charge < -0.3 is 15.1 Å². The van der Waals surface area contributed by atoms with Crippen LogP contribution in [0.3, 0.4) is 0 Å². The van der Waals surface area contributed by atoms with Gasteiger partial charge in [-0.1, -0.05) is 18.2 Å². The molecule has 0 unspecified atom stereocenters. The van der Waals surface area contributed by atoms with Crippen molar-refractivity contribution in [2.75, 3.05) is 19.6 Å². The van der Waals surface area contributed by atoms with Crippen molar-refractivity contribution in [2.45, 2.75) is 6.92 Å². The highest BCUT2D eigenvalue weighted by atomic mass is 16.4. The summed E-state index contributed by atoms with van der Waals surface area (Å²) in [6, 6.07) is 8.67. The van der Waals surface area contributed by atoms with Crippen molar-refractivity contribution in [2.24, 2.45) is 5.73 Å². The summed E-state index contributed by atoms with van der Waals surface area (Å²) in [4.78, 5) is 25.6. The SMILES string of the molecule is CCN(CCN)C(=O)c1cc2ccccc2oc1=O.